The molecular formula is C26H25FN4O. The molecule has 3 N–H and O–H groups in total. The van der Waals surface area contributed by atoms with Crippen molar-refractivity contribution < 1.29 is 9.13 Å². The molecule has 3 heterocycles. The molecule has 0 amide bonds. The number of hydrogen-bond acceptors (Lipinski definition) is 4. The third-order valence-electron chi connectivity index (χ3n) is 5.85. The van der Waals surface area contributed by atoms with Gasteiger partial charge in [0.15, 0.2) is 0 Å². The molecule has 0 fully saturated rings. The fourth-order valence-corrected chi connectivity index (χ4v) is 4.18. The largest absolute Gasteiger partial charge is 0.496 e. The van der Waals surface area contributed by atoms with E-state index in [-0.39, 0.29) is 5.82 Å². The lowest BCUT2D eigenvalue weighted by molar-refractivity contribution is 0.416. The lowest BCUT2D eigenvalue weighted by Crippen LogP contribution is -2.20. The Morgan fingerprint density at radius 3 is 2.81 bits per heavy atom. The van der Waals surface area contributed by atoms with Crippen LogP contribution in [-0.2, 0) is 6.54 Å². The quantitative estimate of drug-likeness (QED) is 0.387. The van der Waals surface area contributed by atoms with Gasteiger partial charge in [-0.3, -0.25) is 0 Å². The maximum Gasteiger partial charge on any atom is 0.146 e. The summed E-state index contributed by atoms with van der Waals surface area (Å²) in [5.41, 5.74) is 6.83. The van der Waals surface area contributed by atoms with Crippen LogP contribution in [0.15, 0.2) is 66.9 Å². The summed E-state index contributed by atoms with van der Waals surface area (Å²) in [4.78, 5) is 8.03. The van der Waals surface area contributed by atoms with Crippen molar-refractivity contribution in [2.45, 2.75) is 13.0 Å². The Hall–Kier alpha value is -3.64. The van der Waals surface area contributed by atoms with Crippen LogP contribution in [0.4, 0.5) is 10.1 Å². The summed E-state index contributed by atoms with van der Waals surface area (Å²) in [6.45, 7) is 2.37. The first-order chi connectivity index (χ1) is 15.7. The van der Waals surface area contributed by atoms with Gasteiger partial charge in [0.05, 0.1) is 12.8 Å². The van der Waals surface area contributed by atoms with Gasteiger partial charge < -0.3 is 20.4 Å². The number of ether oxygens (including phenoxy) is 1. The molecule has 6 heteroatoms. The van der Waals surface area contributed by atoms with E-state index in [9.17, 15) is 4.39 Å². The maximum absolute atomic E-state index is 14.0. The molecule has 0 aliphatic carbocycles. The van der Waals surface area contributed by atoms with Crippen molar-refractivity contribution >= 4 is 22.3 Å². The van der Waals surface area contributed by atoms with Crippen molar-refractivity contribution in [3.8, 4) is 16.9 Å². The van der Waals surface area contributed by atoms with Gasteiger partial charge in [0.25, 0.3) is 0 Å². The molecule has 0 radical (unpaired) electrons. The number of aromatic amines is 1. The minimum absolute atomic E-state index is 0.260. The van der Waals surface area contributed by atoms with Crippen LogP contribution in [0, 0.1) is 5.82 Å². The van der Waals surface area contributed by atoms with Gasteiger partial charge in [0.2, 0.25) is 0 Å². The van der Waals surface area contributed by atoms with Crippen molar-refractivity contribution in [3.05, 3.63) is 83.9 Å². The molecule has 162 valence electrons. The summed E-state index contributed by atoms with van der Waals surface area (Å²) in [5.74, 6) is 0.528. The minimum atomic E-state index is -0.260. The lowest BCUT2D eigenvalue weighted by atomic mass is 9.99. The molecule has 0 bridgehead atoms. The highest BCUT2D eigenvalue weighted by Crippen LogP contribution is 2.36. The highest BCUT2D eigenvalue weighted by atomic mass is 19.1. The zero-order valence-corrected chi connectivity index (χ0v) is 17.9. The first-order valence-corrected chi connectivity index (χ1v) is 10.8. The number of methoxy groups -OCH3 is 1. The summed E-state index contributed by atoms with van der Waals surface area (Å²) in [6, 6.07) is 16.9. The Morgan fingerprint density at radius 1 is 1.09 bits per heavy atom. The number of halogens is 1. The highest BCUT2D eigenvalue weighted by molar-refractivity contribution is 5.97. The molecule has 0 saturated heterocycles. The van der Waals surface area contributed by atoms with Crippen molar-refractivity contribution in [3.63, 3.8) is 0 Å². The number of pyridine rings is 1. The third-order valence-corrected chi connectivity index (χ3v) is 5.85. The molecule has 0 unspecified atom stereocenters. The van der Waals surface area contributed by atoms with Gasteiger partial charge in [-0.05, 0) is 66.1 Å². The molecule has 1 aliphatic heterocycles. The van der Waals surface area contributed by atoms with Gasteiger partial charge in [-0.2, -0.15) is 0 Å². The van der Waals surface area contributed by atoms with E-state index < -0.39 is 0 Å². The summed E-state index contributed by atoms with van der Waals surface area (Å²) < 4.78 is 19.7. The number of fused-ring (bicyclic) bond motifs is 1. The van der Waals surface area contributed by atoms with E-state index >= 15 is 0 Å². The Balaban J connectivity index is 1.52. The second-order valence-corrected chi connectivity index (χ2v) is 7.86. The fourth-order valence-electron chi connectivity index (χ4n) is 4.18. The number of H-pyrrole nitrogens is 1. The van der Waals surface area contributed by atoms with Crippen LogP contribution in [0.3, 0.4) is 0 Å². The lowest BCUT2D eigenvalue weighted by Gasteiger charge is -2.13. The average molecular weight is 429 g/mol. The number of anilines is 1. The van der Waals surface area contributed by atoms with E-state index in [2.05, 4.69) is 38.8 Å². The molecule has 2 aromatic heterocycles. The van der Waals surface area contributed by atoms with Gasteiger partial charge in [-0.25, -0.2) is 9.37 Å². The zero-order valence-electron chi connectivity index (χ0n) is 17.9. The van der Waals surface area contributed by atoms with E-state index in [1.807, 2.05) is 30.5 Å². The van der Waals surface area contributed by atoms with E-state index in [1.54, 1.807) is 19.2 Å². The number of aromatic nitrogens is 2. The monoisotopic (exact) mass is 428 g/mol. The fraction of sp³-hybridized carbons (Fsp3) is 0.192. The molecule has 0 saturated carbocycles. The van der Waals surface area contributed by atoms with Crippen LogP contribution >= 0.6 is 0 Å². The summed E-state index contributed by atoms with van der Waals surface area (Å²) in [7, 11) is 1.68. The van der Waals surface area contributed by atoms with E-state index in [0.29, 0.717) is 12.2 Å². The topological polar surface area (TPSA) is 62.0 Å². The number of nitrogens with zero attached hydrogens (tertiary/aromatic N) is 1. The molecule has 4 aromatic rings. The van der Waals surface area contributed by atoms with Gasteiger partial charge in [0.1, 0.15) is 17.2 Å². The van der Waals surface area contributed by atoms with Gasteiger partial charge >= 0.3 is 0 Å². The predicted octanol–water partition coefficient (Wildman–Crippen LogP) is 5.37. The predicted molar refractivity (Wildman–Crippen MR) is 127 cm³/mol. The number of hydrogen-bond donors (Lipinski definition) is 3. The first kappa shape index (κ1) is 20.3. The third kappa shape index (κ3) is 3.97. The standard InChI is InChI=1S/C26H25FN4O/c1-32-25-7-6-17(16-30-23-5-3-2-4-22(23)27)14-20(25)19-10-13-29-26-21(19)15-24(31-26)18-8-11-28-12-9-18/h2-8,10,13-15,28,30H,9,11-12,16H2,1H3,(H,29,31). The SMILES string of the molecule is COc1ccc(CNc2ccccc2F)cc1-c1ccnc2[nH]c(C3=CCNCC3)cc12. The summed E-state index contributed by atoms with van der Waals surface area (Å²) in [6.07, 6.45) is 5.03. The number of nitrogens with one attached hydrogen (secondary N) is 3. The average Bonchev–Trinajstić information content (AvgIpc) is 3.29. The van der Waals surface area contributed by atoms with Crippen molar-refractivity contribution in [1.82, 2.24) is 15.3 Å². The number of rotatable bonds is 6. The Kier molecular flexibility index (Phi) is 5.60. The zero-order chi connectivity index (χ0) is 21.9. The van der Waals surface area contributed by atoms with Gasteiger partial charge in [-0.1, -0.05) is 24.3 Å². The first-order valence-electron chi connectivity index (χ1n) is 10.8. The van der Waals surface area contributed by atoms with Crippen molar-refractivity contribution in [2.24, 2.45) is 0 Å². The second-order valence-electron chi connectivity index (χ2n) is 7.86. The van der Waals surface area contributed by atoms with Crippen LogP contribution in [0.1, 0.15) is 17.7 Å². The van der Waals surface area contributed by atoms with E-state index in [1.165, 1.54) is 11.6 Å². The van der Waals surface area contributed by atoms with Crippen molar-refractivity contribution in [1.29, 1.82) is 0 Å². The molecule has 0 spiro atoms. The molecule has 1 aliphatic rings. The van der Waals surface area contributed by atoms with Crippen LogP contribution in [0.2, 0.25) is 0 Å². The molecule has 0 atom stereocenters. The summed E-state index contributed by atoms with van der Waals surface area (Å²) >= 11 is 0. The molecular weight excluding hydrogens is 403 g/mol. The second kappa shape index (κ2) is 8.85. The van der Waals surface area contributed by atoms with Crippen LogP contribution in [-0.4, -0.2) is 30.2 Å². The smallest absolute Gasteiger partial charge is 0.146 e. The maximum atomic E-state index is 14.0. The minimum Gasteiger partial charge on any atom is -0.496 e. The number of benzene rings is 2. The van der Waals surface area contributed by atoms with E-state index in [0.717, 1.165) is 58.7 Å². The van der Waals surface area contributed by atoms with Crippen LogP contribution < -0.4 is 15.4 Å². The van der Waals surface area contributed by atoms with Crippen LogP contribution in [0.25, 0.3) is 27.7 Å². The highest BCUT2D eigenvalue weighted by Gasteiger charge is 2.15. The van der Waals surface area contributed by atoms with Crippen molar-refractivity contribution in [2.75, 3.05) is 25.5 Å². The molecule has 5 rings (SSSR count). The van der Waals surface area contributed by atoms with Gasteiger partial charge in [-0.15, -0.1) is 0 Å². The van der Waals surface area contributed by atoms with Gasteiger partial charge in [0, 0.05) is 35.9 Å². The Morgan fingerprint density at radius 2 is 2.00 bits per heavy atom. The number of para-hydroxylation sites is 1. The van der Waals surface area contributed by atoms with E-state index in [4.69, 9.17) is 4.74 Å². The summed E-state index contributed by atoms with van der Waals surface area (Å²) in [5, 5.41) is 7.59. The molecule has 2 aromatic carbocycles. The molecule has 32 heavy (non-hydrogen) atoms. The normalized spacial score (nSPS) is 13.8. The van der Waals surface area contributed by atoms with Crippen LogP contribution in [0.5, 0.6) is 5.75 Å². The Bertz CT molecular complexity index is 1290. The molecule has 5 nitrogen and oxygen atoms in total. The Labute approximate surface area is 186 Å².